The largest absolute Gasteiger partial charge is 0.458 e. The molecule has 2 atom stereocenters. The molecule has 0 aromatic heterocycles. The van der Waals surface area contributed by atoms with Crippen LogP contribution < -0.4 is 0 Å². The molecule has 0 radical (unpaired) electrons. The van der Waals surface area contributed by atoms with Crippen molar-refractivity contribution < 1.29 is 14.3 Å². The van der Waals surface area contributed by atoms with Crippen LogP contribution in [0, 0.1) is 17.8 Å². The zero-order valence-electron chi connectivity index (χ0n) is 13.6. The van der Waals surface area contributed by atoms with E-state index in [2.05, 4.69) is 33.3 Å². The molecule has 2 aliphatic rings. The first-order valence-corrected chi connectivity index (χ1v) is 7.66. The zero-order chi connectivity index (χ0) is 16.4. The fourth-order valence-corrected chi connectivity index (χ4v) is 3.60. The van der Waals surface area contributed by atoms with Crippen LogP contribution in [0.4, 0.5) is 0 Å². The van der Waals surface area contributed by atoms with Crippen LogP contribution in [0.25, 0.3) is 0 Å². The molecular weight excluding hydrogens is 276 g/mol. The third kappa shape index (κ3) is 2.64. The summed E-state index contributed by atoms with van der Waals surface area (Å²) >= 11 is 0. The van der Waals surface area contributed by atoms with Crippen molar-refractivity contribution in [3.63, 3.8) is 0 Å². The van der Waals surface area contributed by atoms with Gasteiger partial charge in [0.1, 0.15) is 12.2 Å². The quantitative estimate of drug-likeness (QED) is 0.195. The molecule has 0 amide bonds. The average molecular weight is 300 g/mol. The van der Waals surface area contributed by atoms with Gasteiger partial charge in [0, 0.05) is 11.5 Å². The standard InChI is InChI=1S/C19H24O3/c1-6-9-15(16(20)21-14-7-2)10-13-19-17(3,4)11-8-12-18(19,5)22-19/h1,7,9-10,13H,2,8,11-12,14H2,3-5H3/b13-10+,15-9-. The monoisotopic (exact) mass is 300 g/mol. The van der Waals surface area contributed by atoms with Crippen LogP contribution in [0.15, 0.2) is 36.5 Å². The highest BCUT2D eigenvalue weighted by molar-refractivity contribution is 5.92. The highest BCUT2D eigenvalue weighted by atomic mass is 16.6. The number of ether oxygens (including phenoxy) is 2. The summed E-state index contributed by atoms with van der Waals surface area (Å²) in [6.07, 6.45) is 15.3. The molecule has 0 bridgehead atoms. The first-order valence-electron chi connectivity index (χ1n) is 7.66. The molecule has 1 heterocycles. The van der Waals surface area contributed by atoms with Gasteiger partial charge in [-0.3, -0.25) is 0 Å². The second-order valence-corrected chi connectivity index (χ2v) is 6.79. The Labute approximate surface area is 133 Å². The summed E-state index contributed by atoms with van der Waals surface area (Å²) in [7, 11) is 0. The van der Waals surface area contributed by atoms with Crippen molar-refractivity contribution in [2.24, 2.45) is 5.41 Å². The van der Waals surface area contributed by atoms with Crippen LogP contribution in [-0.2, 0) is 14.3 Å². The van der Waals surface area contributed by atoms with Crippen molar-refractivity contribution in [1.82, 2.24) is 0 Å². The average Bonchev–Trinajstić information content (AvgIpc) is 3.08. The van der Waals surface area contributed by atoms with E-state index in [1.807, 2.05) is 6.08 Å². The van der Waals surface area contributed by atoms with Crippen LogP contribution >= 0.6 is 0 Å². The fraction of sp³-hybridized carbons (Fsp3) is 0.526. The van der Waals surface area contributed by atoms with Gasteiger partial charge in [0.15, 0.2) is 0 Å². The minimum Gasteiger partial charge on any atom is -0.458 e. The second-order valence-electron chi connectivity index (χ2n) is 6.79. The Balaban J connectivity index is 2.22. The van der Waals surface area contributed by atoms with E-state index in [1.54, 1.807) is 6.08 Å². The third-order valence-electron chi connectivity index (χ3n) is 4.90. The van der Waals surface area contributed by atoms with Crippen molar-refractivity contribution in [1.29, 1.82) is 0 Å². The first-order chi connectivity index (χ1) is 10.3. The summed E-state index contributed by atoms with van der Waals surface area (Å²) in [4.78, 5) is 12.0. The number of epoxide rings is 1. The smallest absolute Gasteiger partial charge is 0.339 e. The topological polar surface area (TPSA) is 38.8 Å². The number of allylic oxidation sites excluding steroid dienone is 1. The van der Waals surface area contributed by atoms with Gasteiger partial charge in [0.2, 0.25) is 0 Å². The molecule has 1 saturated carbocycles. The Hall–Kier alpha value is -1.79. The van der Waals surface area contributed by atoms with Crippen molar-refractivity contribution in [3.05, 3.63) is 36.5 Å². The molecule has 2 unspecified atom stereocenters. The molecule has 118 valence electrons. The molecule has 2 fully saturated rings. The van der Waals surface area contributed by atoms with Crippen LogP contribution in [0.5, 0.6) is 0 Å². The molecule has 3 nitrogen and oxygen atoms in total. The molecule has 1 aliphatic heterocycles. The summed E-state index contributed by atoms with van der Waals surface area (Å²) in [5.74, 6) is 1.95. The Kier molecular flexibility index (Phi) is 4.35. The van der Waals surface area contributed by atoms with Gasteiger partial charge in [-0.25, -0.2) is 4.79 Å². The SMILES string of the molecule is C#C/C=C(/C=C/C12OC1(C)CCCC2(C)C)C(=O)OCC=C. The van der Waals surface area contributed by atoms with Crippen LogP contribution in [0.2, 0.25) is 0 Å². The van der Waals surface area contributed by atoms with Gasteiger partial charge >= 0.3 is 5.97 Å². The maximum absolute atomic E-state index is 12.0. The molecular formula is C19H24O3. The van der Waals surface area contributed by atoms with Crippen LogP contribution in [-0.4, -0.2) is 23.8 Å². The molecule has 0 spiro atoms. The molecule has 0 aromatic carbocycles. The summed E-state index contributed by atoms with van der Waals surface area (Å²) in [6, 6.07) is 0. The number of esters is 1. The fourth-order valence-electron chi connectivity index (χ4n) is 3.60. The Bertz CT molecular complexity index is 576. The predicted molar refractivity (Wildman–Crippen MR) is 87.1 cm³/mol. The van der Waals surface area contributed by atoms with E-state index in [0.717, 1.165) is 19.3 Å². The van der Waals surface area contributed by atoms with E-state index in [-0.39, 0.29) is 23.2 Å². The Morgan fingerprint density at radius 1 is 1.41 bits per heavy atom. The zero-order valence-corrected chi connectivity index (χ0v) is 13.6. The predicted octanol–water partition coefficient (Wildman–Crippen LogP) is 3.57. The maximum Gasteiger partial charge on any atom is 0.339 e. The molecule has 22 heavy (non-hydrogen) atoms. The van der Waals surface area contributed by atoms with Crippen molar-refractivity contribution >= 4 is 5.97 Å². The lowest BCUT2D eigenvalue weighted by atomic mass is 9.64. The maximum atomic E-state index is 12.0. The summed E-state index contributed by atoms with van der Waals surface area (Å²) < 4.78 is 11.2. The van der Waals surface area contributed by atoms with Gasteiger partial charge in [0.05, 0.1) is 11.2 Å². The van der Waals surface area contributed by atoms with Crippen molar-refractivity contribution in [3.8, 4) is 12.3 Å². The normalized spacial score (nSPS) is 32.9. The molecule has 1 saturated heterocycles. The summed E-state index contributed by atoms with van der Waals surface area (Å²) in [5.41, 5.74) is -0.0803. The van der Waals surface area contributed by atoms with E-state index < -0.39 is 5.97 Å². The number of rotatable bonds is 5. The molecule has 1 aliphatic carbocycles. The van der Waals surface area contributed by atoms with Gasteiger partial charge in [-0.1, -0.05) is 32.4 Å². The molecule has 0 N–H and O–H groups in total. The lowest BCUT2D eigenvalue weighted by Crippen LogP contribution is -2.41. The molecule has 2 rings (SSSR count). The molecule has 0 aromatic rings. The third-order valence-corrected chi connectivity index (χ3v) is 4.90. The van der Waals surface area contributed by atoms with Crippen LogP contribution in [0.3, 0.4) is 0 Å². The number of fused-ring (bicyclic) bond motifs is 1. The highest BCUT2D eigenvalue weighted by Gasteiger charge is 2.73. The van der Waals surface area contributed by atoms with E-state index in [9.17, 15) is 4.79 Å². The Morgan fingerprint density at radius 2 is 2.14 bits per heavy atom. The minimum absolute atomic E-state index is 0.0305. The van der Waals surface area contributed by atoms with Crippen LogP contribution in [0.1, 0.15) is 40.0 Å². The molecule has 3 heteroatoms. The number of carbonyl (C=O) groups is 1. The summed E-state index contributed by atoms with van der Waals surface area (Å²) in [5, 5.41) is 0. The van der Waals surface area contributed by atoms with E-state index in [0.29, 0.717) is 5.57 Å². The number of hydrogen-bond acceptors (Lipinski definition) is 3. The van der Waals surface area contributed by atoms with Gasteiger partial charge in [-0.2, -0.15) is 0 Å². The van der Waals surface area contributed by atoms with Gasteiger partial charge in [-0.15, -0.1) is 6.42 Å². The van der Waals surface area contributed by atoms with Gasteiger partial charge < -0.3 is 9.47 Å². The lowest BCUT2D eigenvalue weighted by Gasteiger charge is -2.36. The van der Waals surface area contributed by atoms with Gasteiger partial charge in [-0.05, 0) is 38.3 Å². The van der Waals surface area contributed by atoms with Gasteiger partial charge in [0.25, 0.3) is 0 Å². The van der Waals surface area contributed by atoms with E-state index in [1.165, 1.54) is 12.2 Å². The minimum atomic E-state index is -0.443. The number of terminal acetylenes is 1. The second kappa shape index (κ2) is 5.78. The number of carbonyl (C=O) groups excluding carboxylic acids is 1. The highest BCUT2D eigenvalue weighted by Crippen LogP contribution is 2.66. The van der Waals surface area contributed by atoms with Crippen molar-refractivity contribution in [2.75, 3.05) is 6.61 Å². The Morgan fingerprint density at radius 3 is 2.73 bits per heavy atom. The van der Waals surface area contributed by atoms with Crippen molar-refractivity contribution in [2.45, 2.75) is 51.2 Å². The first kappa shape index (κ1) is 16.6. The number of hydrogen-bond donors (Lipinski definition) is 0. The van der Waals surface area contributed by atoms with E-state index >= 15 is 0 Å². The summed E-state index contributed by atoms with van der Waals surface area (Å²) in [6.45, 7) is 10.3. The lowest BCUT2D eigenvalue weighted by molar-refractivity contribution is -0.137. The van der Waals surface area contributed by atoms with E-state index in [4.69, 9.17) is 15.9 Å².